The van der Waals surface area contributed by atoms with Gasteiger partial charge in [-0.2, -0.15) is 0 Å². The van der Waals surface area contributed by atoms with Crippen LogP contribution in [0.25, 0.3) is 11.4 Å². The molecule has 0 aliphatic carbocycles. The summed E-state index contributed by atoms with van der Waals surface area (Å²) < 4.78 is 13.4. The highest BCUT2D eigenvalue weighted by Gasteiger charge is 2.11. The summed E-state index contributed by atoms with van der Waals surface area (Å²) in [6.07, 6.45) is 2.76. The molecule has 0 bridgehead atoms. The minimum atomic E-state index is -0.645. The van der Waals surface area contributed by atoms with Crippen LogP contribution in [-0.2, 0) is 0 Å². The maximum Gasteiger partial charge on any atom is 0.188 e. The lowest BCUT2D eigenvalue weighted by molar-refractivity contribution is 0.618. The second kappa shape index (κ2) is 3.67. The largest absolute Gasteiger partial charge is 0.255 e. The van der Waals surface area contributed by atoms with Gasteiger partial charge >= 0.3 is 0 Å². The first kappa shape index (κ1) is 9.02. The number of pyridine rings is 1. The van der Waals surface area contributed by atoms with Gasteiger partial charge in [-0.15, -0.1) is 0 Å². The van der Waals surface area contributed by atoms with Crippen LogP contribution in [0.3, 0.4) is 0 Å². The second-order valence-corrected chi connectivity index (χ2v) is 2.90. The molecular weight excluding hydrogens is 205 g/mol. The third kappa shape index (κ3) is 1.56. The molecule has 0 unspecified atom stereocenters. The molecule has 0 aromatic carbocycles. The molecule has 0 spiro atoms. The Morgan fingerprint density at radius 3 is 2.71 bits per heavy atom. The van der Waals surface area contributed by atoms with Gasteiger partial charge in [0.1, 0.15) is 12.0 Å². The summed E-state index contributed by atoms with van der Waals surface area (Å²) in [7, 11) is 0. The Morgan fingerprint density at radius 1 is 1.14 bits per heavy atom. The van der Waals surface area contributed by atoms with E-state index in [1.807, 2.05) is 0 Å². The van der Waals surface area contributed by atoms with Crippen LogP contribution in [0.15, 0.2) is 30.7 Å². The second-order valence-electron chi connectivity index (χ2n) is 2.54. The monoisotopic (exact) mass is 209 g/mol. The van der Waals surface area contributed by atoms with Gasteiger partial charge in [-0.25, -0.2) is 14.4 Å². The lowest BCUT2D eigenvalue weighted by Crippen LogP contribution is -1.94. The SMILES string of the molecule is Fc1c(Cl)ncnc1-c1ccccn1. The van der Waals surface area contributed by atoms with Gasteiger partial charge in [0.25, 0.3) is 0 Å². The van der Waals surface area contributed by atoms with E-state index in [0.717, 1.165) is 0 Å². The molecule has 0 aliphatic heterocycles. The molecule has 0 fully saturated rings. The fourth-order valence-corrected chi connectivity index (χ4v) is 1.16. The van der Waals surface area contributed by atoms with Crippen LogP contribution in [0.4, 0.5) is 4.39 Å². The molecule has 0 atom stereocenters. The van der Waals surface area contributed by atoms with Crippen molar-refractivity contribution in [2.45, 2.75) is 0 Å². The summed E-state index contributed by atoms with van der Waals surface area (Å²) >= 11 is 5.51. The third-order valence-corrected chi connectivity index (χ3v) is 1.92. The van der Waals surface area contributed by atoms with Crippen LogP contribution in [0.2, 0.25) is 5.15 Å². The van der Waals surface area contributed by atoms with Gasteiger partial charge in [0.05, 0.1) is 5.69 Å². The lowest BCUT2D eigenvalue weighted by Gasteiger charge is -2.00. The standard InChI is InChI=1S/C9H5ClFN3/c10-9-7(11)8(13-5-14-9)6-3-1-2-4-12-6/h1-5H. The van der Waals surface area contributed by atoms with E-state index in [1.165, 1.54) is 6.33 Å². The van der Waals surface area contributed by atoms with Crippen LogP contribution >= 0.6 is 11.6 Å². The van der Waals surface area contributed by atoms with Crippen molar-refractivity contribution < 1.29 is 4.39 Å². The fourth-order valence-electron chi connectivity index (χ4n) is 1.03. The topological polar surface area (TPSA) is 38.7 Å². The summed E-state index contributed by atoms with van der Waals surface area (Å²) in [5, 5.41) is -0.194. The normalized spacial score (nSPS) is 10.1. The Kier molecular flexibility index (Phi) is 2.37. The number of aromatic nitrogens is 3. The molecule has 0 amide bonds. The summed E-state index contributed by atoms with van der Waals surface area (Å²) in [6.45, 7) is 0. The quantitative estimate of drug-likeness (QED) is 0.677. The van der Waals surface area contributed by atoms with Crippen molar-refractivity contribution in [1.82, 2.24) is 15.0 Å². The highest BCUT2D eigenvalue weighted by Crippen LogP contribution is 2.21. The van der Waals surface area contributed by atoms with Gasteiger partial charge in [-0.05, 0) is 12.1 Å². The van der Waals surface area contributed by atoms with Crippen LogP contribution in [0, 0.1) is 5.82 Å². The molecular formula is C9H5ClFN3. The van der Waals surface area contributed by atoms with E-state index in [0.29, 0.717) is 5.69 Å². The molecule has 5 heteroatoms. The van der Waals surface area contributed by atoms with Crippen LogP contribution < -0.4 is 0 Å². The van der Waals surface area contributed by atoms with Gasteiger partial charge in [-0.3, -0.25) is 4.98 Å². The molecule has 2 rings (SSSR count). The van der Waals surface area contributed by atoms with E-state index in [9.17, 15) is 4.39 Å². The molecule has 2 aromatic heterocycles. The lowest BCUT2D eigenvalue weighted by atomic mass is 10.2. The van der Waals surface area contributed by atoms with Gasteiger partial charge < -0.3 is 0 Å². The molecule has 2 aromatic rings. The fraction of sp³-hybridized carbons (Fsp3) is 0. The van der Waals surface area contributed by atoms with Crippen molar-refractivity contribution >= 4 is 11.6 Å². The van der Waals surface area contributed by atoms with Crippen LogP contribution in [-0.4, -0.2) is 15.0 Å². The average Bonchev–Trinajstić information content (AvgIpc) is 2.23. The van der Waals surface area contributed by atoms with Gasteiger partial charge in [0.2, 0.25) is 0 Å². The van der Waals surface area contributed by atoms with E-state index >= 15 is 0 Å². The van der Waals surface area contributed by atoms with Crippen molar-refractivity contribution in [3.05, 3.63) is 41.7 Å². The first-order valence-electron chi connectivity index (χ1n) is 3.86. The van der Waals surface area contributed by atoms with E-state index in [-0.39, 0.29) is 10.8 Å². The van der Waals surface area contributed by atoms with Crippen LogP contribution in [0.5, 0.6) is 0 Å². The van der Waals surface area contributed by atoms with Crippen molar-refractivity contribution in [2.24, 2.45) is 0 Å². The maximum absolute atomic E-state index is 13.4. The zero-order valence-corrected chi connectivity index (χ0v) is 7.74. The first-order valence-corrected chi connectivity index (χ1v) is 4.24. The number of halogens is 2. The molecule has 14 heavy (non-hydrogen) atoms. The predicted molar refractivity (Wildman–Crippen MR) is 50.2 cm³/mol. The average molecular weight is 210 g/mol. The van der Waals surface area contributed by atoms with Crippen LogP contribution in [0.1, 0.15) is 0 Å². The minimum absolute atomic E-state index is 0.116. The molecule has 0 N–H and O–H groups in total. The maximum atomic E-state index is 13.4. The zero-order chi connectivity index (χ0) is 9.97. The van der Waals surface area contributed by atoms with E-state index in [1.54, 1.807) is 24.4 Å². The molecule has 2 heterocycles. The van der Waals surface area contributed by atoms with Gasteiger partial charge in [0, 0.05) is 6.20 Å². The molecule has 0 saturated carbocycles. The van der Waals surface area contributed by atoms with Crippen molar-refractivity contribution in [3.63, 3.8) is 0 Å². The number of nitrogens with zero attached hydrogens (tertiary/aromatic N) is 3. The number of rotatable bonds is 1. The minimum Gasteiger partial charge on any atom is -0.255 e. The van der Waals surface area contributed by atoms with Crippen molar-refractivity contribution in [3.8, 4) is 11.4 Å². The summed E-state index contributed by atoms with van der Waals surface area (Å²) in [6, 6.07) is 5.14. The smallest absolute Gasteiger partial charge is 0.188 e. The number of hydrogen-bond acceptors (Lipinski definition) is 3. The van der Waals surface area contributed by atoms with Crippen molar-refractivity contribution in [2.75, 3.05) is 0 Å². The Balaban J connectivity index is 2.58. The van der Waals surface area contributed by atoms with E-state index in [2.05, 4.69) is 15.0 Å². The van der Waals surface area contributed by atoms with Gasteiger partial charge in [-0.1, -0.05) is 17.7 Å². The van der Waals surface area contributed by atoms with Crippen molar-refractivity contribution in [1.29, 1.82) is 0 Å². The van der Waals surface area contributed by atoms with E-state index in [4.69, 9.17) is 11.6 Å². The van der Waals surface area contributed by atoms with E-state index < -0.39 is 5.82 Å². The predicted octanol–water partition coefficient (Wildman–Crippen LogP) is 2.33. The Labute approximate surface area is 84.6 Å². The highest BCUT2D eigenvalue weighted by molar-refractivity contribution is 6.29. The Hall–Kier alpha value is -1.55. The molecule has 0 saturated heterocycles. The number of hydrogen-bond donors (Lipinski definition) is 0. The Bertz CT molecular complexity index is 447. The highest BCUT2D eigenvalue weighted by atomic mass is 35.5. The Morgan fingerprint density at radius 2 is 2.00 bits per heavy atom. The van der Waals surface area contributed by atoms with Gasteiger partial charge in [0.15, 0.2) is 11.0 Å². The molecule has 70 valence electrons. The first-order chi connectivity index (χ1) is 6.79. The molecule has 0 aliphatic rings. The molecule has 0 radical (unpaired) electrons. The summed E-state index contributed by atoms with van der Waals surface area (Å²) in [5.41, 5.74) is 0.555. The third-order valence-electron chi connectivity index (χ3n) is 1.65. The summed E-state index contributed by atoms with van der Waals surface area (Å²) in [5.74, 6) is -0.645. The zero-order valence-electron chi connectivity index (χ0n) is 6.98. The molecule has 3 nitrogen and oxygen atoms in total. The summed E-state index contributed by atoms with van der Waals surface area (Å²) in [4.78, 5) is 11.3.